The van der Waals surface area contributed by atoms with Crippen LogP contribution in [0.5, 0.6) is 0 Å². The molecule has 0 radical (unpaired) electrons. The first-order valence-corrected chi connectivity index (χ1v) is 6.08. The first-order valence-electron chi connectivity index (χ1n) is 6.08. The van der Waals surface area contributed by atoms with Crippen LogP contribution in [0.1, 0.15) is 30.1 Å². The lowest BCUT2D eigenvalue weighted by Crippen LogP contribution is -2.40. The van der Waals surface area contributed by atoms with Gasteiger partial charge in [0.05, 0.1) is 5.56 Å². The fourth-order valence-electron chi connectivity index (χ4n) is 1.84. The monoisotopic (exact) mass is 261 g/mol. The maximum absolute atomic E-state index is 12.0. The summed E-state index contributed by atoms with van der Waals surface area (Å²) in [7, 11) is 0. The van der Waals surface area contributed by atoms with Gasteiger partial charge in [0.15, 0.2) is 0 Å². The molecule has 19 heavy (non-hydrogen) atoms. The largest absolute Gasteiger partial charge is 0.480 e. The smallest absolute Gasteiger partial charge is 0.326 e. The summed E-state index contributed by atoms with van der Waals surface area (Å²) in [5.74, 6) is -1.41. The predicted molar refractivity (Wildman–Crippen MR) is 69.0 cm³/mol. The van der Waals surface area contributed by atoms with Crippen molar-refractivity contribution in [1.82, 2.24) is 14.7 Å². The van der Waals surface area contributed by atoms with Gasteiger partial charge in [0.1, 0.15) is 11.7 Å². The number of nitrogens with one attached hydrogen (secondary N) is 1. The van der Waals surface area contributed by atoms with Crippen LogP contribution in [0.25, 0.3) is 5.65 Å². The number of aliphatic carboxylic acids is 1. The van der Waals surface area contributed by atoms with Gasteiger partial charge in [-0.1, -0.05) is 13.3 Å². The molecule has 0 fully saturated rings. The van der Waals surface area contributed by atoms with Crippen LogP contribution in [-0.2, 0) is 4.79 Å². The van der Waals surface area contributed by atoms with Crippen molar-refractivity contribution >= 4 is 17.5 Å². The van der Waals surface area contributed by atoms with Crippen molar-refractivity contribution < 1.29 is 14.7 Å². The first kappa shape index (κ1) is 13.1. The van der Waals surface area contributed by atoms with E-state index in [0.29, 0.717) is 18.4 Å². The number of carboxylic acids is 1. The second kappa shape index (κ2) is 5.51. The Morgan fingerprint density at radius 1 is 1.47 bits per heavy atom. The molecule has 2 aromatic rings. The first-order chi connectivity index (χ1) is 9.11. The molecule has 6 heteroatoms. The molecule has 2 N–H and O–H groups in total. The summed E-state index contributed by atoms with van der Waals surface area (Å²) >= 11 is 0. The number of carbonyl (C=O) groups excluding carboxylic acids is 1. The molecule has 0 bridgehead atoms. The summed E-state index contributed by atoms with van der Waals surface area (Å²) in [6.07, 6.45) is 6.09. The van der Waals surface area contributed by atoms with Gasteiger partial charge in [-0.3, -0.25) is 4.79 Å². The topological polar surface area (TPSA) is 83.7 Å². The molecule has 0 aliphatic rings. The highest BCUT2D eigenvalue weighted by Crippen LogP contribution is 2.06. The van der Waals surface area contributed by atoms with Crippen molar-refractivity contribution in [3.05, 3.63) is 36.3 Å². The van der Waals surface area contributed by atoms with Gasteiger partial charge in [0.2, 0.25) is 0 Å². The molecule has 100 valence electrons. The van der Waals surface area contributed by atoms with Crippen molar-refractivity contribution in [1.29, 1.82) is 0 Å². The van der Waals surface area contributed by atoms with Crippen LogP contribution >= 0.6 is 0 Å². The minimum absolute atomic E-state index is 0.392. The molecule has 0 aliphatic carbocycles. The molecule has 2 rings (SSSR count). The summed E-state index contributed by atoms with van der Waals surface area (Å²) in [5.41, 5.74) is 1.15. The fraction of sp³-hybridized carbons (Fsp3) is 0.308. The number of fused-ring (bicyclic) bond motifs is 1. The van der Waals surface area contributed by atoms with Crippen molar-refractivity contribution in [2.75, 3.05) is 0 Å². The molecule has 0 aliphatic heterocycles. The third-order valence-electron chi connectivity index (χ3n) is 2.83. The number of hydrogen-bond acceptors (Lipinski definition) is 3. The number of pyridine rings is 1. The van der Waals surface area contributed by atoms with Gasteiger partial charge in [0.25, 0.3) is 5.91 Å². The number of aromatic nitrogens is 2. The van der Waals surface area contributed by atoms with Crippen molar-refractivity contribution in [2.45, 2.75) is 25.8 Å². The Balaban J connectivity index is 2.16. The number of rotatable bonds is 5. The van der Waals surface area contributed by atoms with Crippen LogP contribution in [0.15, 0.2) is 30.7 Å². The third-order valence-corrected chi connectivity index (χ3v) is 2.83. The van der Waals surface area contributed by atoms with Crippen molar-refractivity contribution in [2.24, 2.45) is 0 Å². The predicted octanol–water partition coefficient (Wildman–Crippen LogP) is 1.32. The van der Waals surface area contributed by atoms with E-state index in [1.807, 2.05) is 6.92 Å². The highest BCUT2D eigenvalue weighted by atomic mass is 16.4. The minimum atomic E-state index is -1.01. The normalized spacial score (nSPS) is 12.3. The summed E-state index contributed by atoms with van der Waals surface area (Å²) in [5, 5.41) is 11.5. The quantitative estimate of drug-likeness (QED) is 0.850. The van der Waals surface area contributed by atoms with Crippen molar-refractivity contribution in [3.63, 3.8) is 0 Å². The molecule has 2 aromatic heterocycles. The summed E-state index contributed by atoms with van der Waals surface area (Å²) in [6, 6.07) is 2.49. The molecule has 6 nitrogen and oxygen atoms in total. The Hall–Kier alpha value is -2.37. The highest BCUT2D eigenvalue weighted by molar-refractivity contribution is 5.96. The zero-order valence-electron chi connectivity index (χ0n) is 10.5. The number of carbonyl (C=O) groups is 2. The standard InChI is InChI=1S/C13H15N3O3/c1-2-3-10(13(18)19)15-12(17)9-4-5-11-14-6-7-16(11)8-9/h4-8,10H,2-3H2,1H3,(H,15,17)(H,18,19). The average Bonchev–Trinajstić information content (AvgIpc) is 2.85. The van der Waals surface area contributed by atoms with E-state index >= 15 is 0 Å². The van der Waals surface area contributed by atoms with Gasteiger partial charge in [-0.05, 0) is 18.6 Å². The second-order valence-electron chi connectivity index (χ2n) is 4.26. The highest BCUT2D eigenvalue weighted by Gasteiger charge is 2.19. The molecule has 0 saturated heterocycles. The van der Waals surface area contributed by atoms with E-state index in [2.05, 4.69) is 10.3 Å². The lowest BCUT2D eigenvalue weighted by molar-refractivity contribution is -0.139. The van der Waals surface area contributed by atoms with E-state index in [9.17, 15) is 9.59 Å². The van der Waals surface area contributed by atoms with E-state index in [4.69, 9.17) is 5.11 Å². The number of nitrogens with zero attached hydrogens (tertiary/aromatic N) is 2. The Morgan fingerprint density at radius 3 is 2.95 bits per heavy atom. The van der Waals surface area contributed by atoms with Crippen molar-refractivity contribution in [3.8, 4) is 0 Å². The third kappa shape index (κ3) is 2.90. The number of hydrogen-bond donors (Lipinski definition) is 2. The van der Waals surface area contributed by atoms with Crippen LogP contribution in [0.2, 0.25) is 0 Å². The van der Waals surface area contributed by atoms with Crippen LogP contribution < -0.4 is 5.32 Å². The fourth-order valence-corrected chi connectivity index (χ4v) is 1.84. The molecular weight excluding hydrogens is 246 g/mol. The Kier molecular flexibility index (Phi) is 3.79. The van der Waals surface area contributed by atoms with Gasteiger partial charge >= 0.3 is 5.97 Å². The summed E-state index contributed by atoms with van der Waals surface area (Å²) in [4.78, 5) is 27.1. The van der Waals surface area contributed by atoms with Crippen LogP contribution in [0.4, 0.5) is 0 Å². The summed E-state index contributed by atoms with van der Waals surface area (Å²) < 4.78 is 1.71. The van der Waals surface area contributed by atoms with E-state index in [-0.39, 0.29) is 0 Å². The Bertz CT molecular complexity index is 606. The maximum Gasteiger partial charge on any atom is 0.326 e. The molecule has 1 atom stereocenters. The van der Waals surface area contributed by atoms with Gasteiger partial charge in [-0.2, -0.15) is 0 Å². The van der Waals surface area contributed by atoms with Crippen LogP contribution in [-0.4, -0.2) is 32.4 Å². The van der Waals surface area contributed by atoms with E-state index < -0.39 is 17.9 Å². The van der Waals surface area contributed by atoms with E-state index in [1.165, 1.54) is 0 Å². The van der Waals surface area contributed by atoms with Gasteiger partial charge in [0, 0.05) is 18.6 Å². The van der Waals surface area contributed by atoms with E-state index in [0.717, 1.165) is 5.65 Å². The molecule has 0 aromatic carbocycles. The molecule has 1 amide bonds. The average molecular weight is 261 g/mol. The zero-order valence-corrected chi connectivity index (χ0v) is 10.5. The minimum Gasteiger partial charge on any atom is -0.480 e. The lowest BCUT2D eigenvalue weighted by Gasteiger charge is -2.13. The molecule has 0 saturated carbocycles. The summed E-state index contributed by atoms with van der Waals surface area (Å²) in [6.45, 7) is 1.87. The van der Waals surface area contributed by atoms with Crippen LogP contribution in [0.3, 0.4) is 0 Å². The van der Waals surface area contributed by atoms with Gasteiger partial charge in [-0.25, -0.2) is 9.78 Å². The Labute approximate surface area is 110 Å². The SMILES string of the molecule is CCCC(NC(=O)c1ccc2nccn2c1)C(=O)O. The number of amides is 1. The molecule has 0 spiro atoms. The molecular formula is C13H15N3O3. The Morgan fingerprint density at radius 2 is 2.26 bits per heavy atom. The molecule has 2 heterocycles. The van der Waals surface area contributed by atoms with Gasteiger partial charge in [-0.15, -0.1) is 0 Å². The van der Waals surface area contributed by atoms with Crippen LogP contribution in [0, 0.1) is 0 Å². The maximum atomic E-state index is 12.0. The number of imidazole rings is 1. The van der Waals surface area contributed by atoms with Gasteiger partial charge < -0.3 is 14.8 Å². The zero-order chi connectivity index (χ0) is 13.8. The second-order valence-corrected chi connectivity index (χ2v) is 4.26. The number of carboxylic acid groups (broad SMARTS) is 1. The van der Waals surface area contributed by atoms with E-state index in [1.54, 1.807) is 35.1 Å². The lowest BCUT2D eigenvalue weighted by atomic mass is 10.1. The molecule has 1 unspecified atom stereocenters.